The second kappa shape index (κ2) is 8.49. The molecule has 2 aromatic carbocycles. The van der Waals surface area contributed by atoms with E-state index in [9.17, 15) is 28.0 Å². The van der Waals surface area contributed by atoms with E-state index >= 15 is 0 Å². The fourth-order valence-corrected chi connectivity index (χ4v) is 2.64. The van der Waals surface area contributed by atoms with Crippen LogP contribution in [0.3, 0.4) is 0 Å². The Kier molecular flexibility index (Phi) is 6.01. The summed E-state index contributed by atoms with van der Waals surface area (Å²) in [6.07, 6.45) is -4.79. The molecule has 0 aromatic heterocycles. The predicted octanol–water partition coefficient (Wildman–Crippen LogP) is 1.40. The molecule has 0 saturated carbocycles. The quantitative estimate of drug-likeness (QED) is 0.475. The van der Waals surface area contributed by atoms with Crippen LogP contribution in [0.5, 0.6) is 0 Å². The van der Waals surface area contributed by atoms with Gasteiger partial charge in [0.25, 0.3) is 0 Å². The summed E-state index contributed by atoms with van der Waals surface area (Å²) >= 11 is 0. The maximum atomic E-state index is 12.8. The number of quaternary nitrogens is 1. The van der Waals surface area contributed by atoms with Gasteiger partial charge < -0.3 is 15.8 Å². The van der Waals surface area contributed by atoms with E-state index in [4.69, 9.17) is 5.21 Å². The Balaban J connectivity index is 1.72. The van der Waals surface area contributed by atoms with Crippen LogP contribution < -0.4 is 21.2 Å². The van der Waals surface area contributed by atoms with Gasteiger partial charge in [-0.3, -0.25) is 14.9 Å². The number of benzene rings is 2. The Bertz CT molecular complexity index is 977. The SMILES string of the molecule is O=C1CC(C(=O)Nc2ccc([NH+]([O-])O)cc2)N=C(Nc2cccc(C(F)(F)F)c2)N1. The smallest absolute Gasteiger partial charge is 0.416 e. The molecule has 2 amide bonds. The maximum absolute atomic E-state index is 12.8. The molecule has 0 saturated heterocycles. The summed E-state index contributed by atoms with van der Waals surface area (Å²) in [5.41, 5.74) is -0.502. The molecule has 12 heteroatoms. The molecule has 1 aliphatic heterocycles. The highest BCUT2D eigenvalue weighted by Crippen LogP contribution is 2.30. The number of anilines is 2. The largest absolute Gasteiger partial charge is 0.595 e. The van der Waals surface area contributed by atoms with E-state index in [0.717, 1.165) is 12.1 Å². The van der Waals surface area contributed by atoms with Gasteiger partial charge in [0.05, 0.1) is 12.0 Å². The number of alkyl halides is 3. The van der Waals surface area contributed by atoms with Crippen LogP contribution in [0.1, 0.15) is 12.0 Å². The van der Waals surface area contributed by atoms with Crippen molar-refractivity contribution in [2.75, 3.05) is 10.6 Å². The van der Waals surface area contributed by atoms with Crippen LogP contribution in [-0.4, -0.2) is 29.0 Å². The zero-order chi connectivity index (χ0) is 21.9. The molecule has 0 spiro atoms. The zero-order valence-corrected chi connectivity index (χ0v) is 15.2. The van der Waals surface area contributed by atoms with Crippen molar-refractivity contribution in [3.63, 3.8) is 0 Å². The van der Waals surface area contributed by atoms with Crippen molar-refractivity contribution in [2.24, 2.45) is 4.99 Å². The van der Waals surface area contributed by atoms with Gasteiger partial charge >= 0.3 is 6.18 Å². The highest BCUT2D eigenvalue weighted by Gasteiger charge is 2.31. The van der Waals surface area contributed by atoms with Crippen molar-refractivity contribution in [1.29, 1.82) is 0 Å². The second-order valence-corrected chi connectivity index (χ2v) is 6.32. The van der Waals surface area contributed by atoms with Crippen LogP contribution in [0, 0.1) is 5.21 Å². The van der Waals surface area contributed by atoms with E-state index in [1.807, 2.05) is 0 Å². The van der Waals surface area contributed by atoms with Crippen LogP contribution in [0.25, 0.3) is 0 Å². The summed E-state index contributed by atoms with van der Waals surface area (Å²) in [6.45, 7) is 0. The molecule has 0 aliphatic carbocycles. The van der Waals surface area contributed by atoms with Crippen molar-refractivity contribution in [3.8, 4) is 0 Å². The number of nitrogens with one attached hydrogen (secondary N) is 4. The molecule has 9 nitrogen and oxygen atoms in total. The maximum Gasteiger partial charge on any atom is 0.416 e. The summed E-state index contributed by atoms with van der Waals surface area (Å²) < 4.78 is 38.5. The lowest BCUT2D eigenvalue weighted by atomic mass is 10.1. The minimum atomic E-state index is -4.53. The van der Waals surface area contributed by atoms with Crippen LogP contribution in [-0.2, 0) is 15.8 Å². The van der Waals surface area contributed by atoms with Gasteiger partial charge in [0.2, 0.25) is 17.8 Å². The number of nitrogens with zero attached hydrogens (tertiary/aromatic N) is 1. The number of amides is 2. The number of guanidine groups is 1. The minimum absolute atomic E-state index is 0.0363. The van der Waals surface area contributed by atoms with E-state index in [0.29, 0.717) is 5.69 Å². The van der Waals surface area contributed by atoms with Gasteiger partial charge in [0.15, 0.2) is 5.69 Å². The molecule has 158 valence electrons. The molecule has 2 unspecified atom stereocenters. The molecule has 0 fully saturated rings. The zero-order valence-electron chi connectivity index (χ0n) is 15.2. The number of hydrogen-bond donors (Lipinski definition) is 5. The molecule has 30 heavy (non-hydrogen) atoms. The van der Waals surface area contributed by atoms with Gasteiger partial charge in [0, 0.05) is 23.5 Å². The van der Waals surface area contributed by atoms with Gasteiger partial charge in [-0.15, -0.1) is 0 Å². The molecule has 2 atom stereocenters. The highest BCUT2D eigenvalue weighted by molar-refractivity contribution is 6.10. The van der Waals surface area contributed by atoms with E-state index in [2.05, 4.69) is 20.9 Å². The molecular weight excluding hydrogens is 407 g/mol. The molecule has 5 N–H and O–H groups in total. The van der Waals surface area contributed by atoms with Crippen LogP contribution in [0.15, 0.2) is 53.5 Å². The lowest BCUT2D eigenvalue weighted by molar-refractivity contribution is -0.991. The summed E-state index contributed by atoms with van der Waals surface area (Å²) in [7, 11) is 0. The number of halogens is 3. The molecule has 1 aliphatic rings. The van der Waals surface area contributed by atoms with Gasteiger partial charge in [-0.25, -0.2) is 10.2 Å². The number of rotatable bonds is 4. The lowest BCUT2D eigenvalue weighted by Crippen LogP contribution is -2.99. The van der Waals surface area contributed by atoms with Gasteiger partial charge in [-0.1, -0.05) is 6.07 Å². The third kappa shape index (κ3) is 5.31. The van der Waals surface area contributed by atoms with Gasteiger partial charge in [0.1, 0.15) is 6.04 Å². The first kappa shape index (κ1) is 21.2. The normalized spacial score (nSPS) is 17.6. The number of hydrogen-bond acceptors (Lipinski definition) is 6. The monoisotopic (exact) mass is 423 g/mol. The van der Waals surface area contributed by atoms with E-state index < -0.39 is 34.8 Å². The number of carbonyl (C=O) groups excluding carboxylic acids is 2. The standard InChI is InChI=1S/C18H16F3N5O4/c19-18(20,21)10-2-1-3-12(8-10)23-17-24-14(9-15(27)25-17)16(28)22-11-4-6-13(7-5-11)26(29)30/h1-8,14,26,29H,9H2,(H,22,28)(H2,23,24,25,27). The molecule has 2 aromatic rings. The lowest BCUT2D eigenvalue weighted by Gasteiger charge is -2.21. The summed E-state index contributed by atoms with van der Waals surface area (Å²) in [6, 6.07) is 8.56. The van der Waals surface area contributed by atoms with Gasteiger partial charge in [-0.05, 0) is 30.3 Å². The Hall–Kier alpha value is -3.48. The van der Waals surface area contributed by atoms with E-state index in [1.54, 1.807) is 0 Å². The average molecular weight is 423 g/mol. The van der Waals surface area contributed by atoms with Crippen molar-refractivity contribution < 1.29 is 33.2 Å². The predicted molar refractivity (Wildman–Crippen MR) is 99.9 cm³/mol. The third-order valence-electron chi connectivity index (χ3n) is 4.08. The number of carbonyl (C=O) groups is 2. The first-order chi connectivity index (χ1) is 14.1. The topological polar surface area (TPSA) is 130 Å². The van der Waals surface area contributed by atoms with Crippen LogP contribution in [0.4, 0.5) is 30.2 Å². The van der Waals surface area contributed by atoms with E-state index in [-0.39, 0.29) is 23.8 Å². The van der Waals surface area contributed by atoms with Crippen molar-refractivity contribution in [1.82, 2.24) is 5.32 Å². The Morgan fingerprint density at radius 2 is 1.90 bits per heavy atom. The van der Waals surface area contributed by atoms with Crippen LogP contribution >= 0.6 is 0 Å². The van der Waals surface area contributed by atoms with Crippen LogP contribution in [0.2, 0.25) is 0 Å². The minimum Gasteiger partial charge on any atom is -0.595 e. The molecular formula is C18H16F3N5O4. The third-order valence-corrected chi connectivity index (χ3v) is 4.08. The Morgan fingerprint density at radius 1 is 1.20 bits per heavy atom. The average Bonchev–Trinajstić information content (AvgIpc) is 2.67. The Labute approximate surface area is 167 Å². The Morgan fingerprint density at radius 3 is 2.53 bits per heavy atom. The number of aliphatic imine (C=N–C) groups is 1. The summed E-state index contributed by atoms with van der Waals surface area (Å²) in [4.78, 5) is 28.4. The summed E-state index contributed by atoms with van der Waals surface area (Å²) in [5, 5.41) is 26.1. The molecule has 0 radical (unpaired) electrons. The van der Waals surface area contributed by atoms with Crippen molar-refractivity contribution in [3.05, 3.63) is 59.3 Å². The van der Waals surface area contributed by atoms with Crippen molar-refractivity contribution >= 4 is 34.8 Å². The fraction of sp³-hybridized carbons (Fsp3) is 0.167. The first-order valence-electron chi connectivity index (χ1n) is 8.58. The fourth-order valence-electron chi connectivity index (χ4n) is 2.64. The van der Waals surface area contributed by atoms with E-state index in [1.165, 1.54) is 36.4 Å². The highest BCUT2D eigenvalue weighted by atomic mass is 19.4. The second-order valence-electron chi connectivity index (χ2n) is 6.32. The summed E-state index contributed by atoms with van der Waals surface area (Å²) in [5.74, 6) is -1.33. The first-order valence-corrected chi connectivity index (χ1v) is 8.58. The molecule has 3 rings (SSSR count). The molecule has 1 heterocycles. The van der Waals surface area contributed by atoms with Gasteiger partial charge in [-0.2, -0.15) is 18.4 Å². The molecule has 0 bridgehead atoms. The van der Waals surface area contributed by atoms with Crippen molar-refractivity contribution in [2.45, 2.75) is 18.6 Å².